The number of nitrogens with zero attached hydrogens (tertiary/aromatic N) is 1. The number of aromatic amines is 1. The Morgan fingerprint density at radius 2 is 2.00 bits per heavy atom. The van der Waals surface area contributed by atoms with Crippen molar-refractivity contribution >= 4 is 17.7 Å². The molecular formula is C16H18N2. The number of H-pyrrole nitrogens is 1. The third-order valence-electron chi connectivity index (χ3n) is 2.93. The van der Waals surface area contributed by atoms with Crippen molar-refractivity contribution in [1.29, 1.82) is 0 Å². The summed E-state index contributed by atoms with van der Waals surface area (Å²) >= 11 is 0. The SMILES string of the molecule is C=Cc1nc(C2=CC=CC(C)(C)C=C2)[nH]c1C=C. The molecule has 2 heteroatoms. The zero-order valence-corrected chi connectivity index (χ0v) is 10.9. The van der Waals surface area contributed by atoms with Gasteiger partial charge in [0.15, 0.2) is 0 Å². The number of aromatic nitrogens is 2. The Labute approximate surface area is 108 Å². The van der Waals surface area contributed by atoms with E-state index in [0.717, 1.165) is 22.8 Å². The average Bonchev–Trinajstić information content (AvgIpc) is 2.67. The maximum absolute atomic E-state index is 4.51. The molecular weight excluding hydrogens is 220 g/mol. The summed E-state index contributed by atoms with van der Waals surface area (Å²) in [7, 11) is 0. The second-order valence-corrected chi connectivity index (χ2v) is 4.93. The summed E-state index contributed by atoms with van der Waals surface area (Å²) in [5, 5.41) is 0. The van der Waals surface area contributed by atoms with Crippen LogP contribution in [0.4, 0.5) is 0 Å². The molecule has 2 rings (SSSR count). The van der Waals surface area contributed by atoms with Gasteiger partial charge in [0, 0.05) is 11.0 Å². The van der Waals surface area contributed by atoms with Crippen LogP contribution in [0.5, 0.6) is 0 Å². The van der Waals surface area contributed by atoms with Crippen molar-refractivity contribution in [1.82, 2.24) is 9.97 Å². The summed E-state index contributed by atoms with van der Waals surface area (Å²) in [5.74, 6) is 0.846. The van der Waals surface area contributed by atoms with Gasteiger partial charge < -0.3 is 4.98 Å². The van der Waals surface area contributed by atoms with Gasteiger partial charge in [-0.3, -0.25) is 0 Å². The smallest absolute Gasteiger partial charge is 0.138 e. The predicted octanol–water partition coefficient (Wildman–Crippen LogP) is 4.23. The van der Waals surface area contributed by atoms with Crippen LogP contribution < -0.4 is 0 Å². The molecule has 1 aliphatic carbocycles. The lowest BCUT2D eigenvalue weighted by molar-refractivity contribution is 0.627. The van der Waals surface area contributed by atoms with Gasteiger partial charge in [0.1, 0.15) is 5.82 Å². The van der Waals surface area contributed by atoms with Gasteiger partial charge in [-0.15, -0.1) is 0 Å². The lowest BCUT2D eigenvalue weighted by Gasteiger charge is -2.12. The minimum Gasteiger partial charge on any atom is -0.338 e. The molecule has 1 heterocycles. The summed E-state index contributed by atoms with van der Waals surface area (Å²) in [6, 6.07) is 0. The van der Waals surface area contributed by atoms with Crippen molar-refractivity contribution in [3.8, 4) is 0 Å². The topological polar surface area (TPSA) is 28.7 Å². The standard InChI is InChI=1S/C16H18N2/c1-5-13-14(6-2)18-15(17-13)12-8-7-10-16(3,4)11-9-12/h5-11H,1-2H2,3-4H3,(H,17,18). The van der Waals surface area contributed by atoms with E-state index in [0.29, 0.717) is 0 Å². The first-order valence-corrected chi connectivity index (χ1v) is 6.00. The highest BCUT2D eigenvalue weighted by molar-refractivity contribution is 5.74. The van der Waals surface area contributed by atoms with Gasteiger partial charge in [-0.1, -0.05) is 57.4 Å². The van der Waals surface area contributed by atoms with Gasteiger partial charge in [0.2, 0.25) is 0 Å². The normalized spacial score (nSPS) is 17.1. The number of nitrogens with one attached hydrogen (secondary N) is 1. The Hall–Kier alpha value is -2.09. The van der Waals surface area contributed by atoms with Crippen LogP contribution >= 0.6 is 0 Å². The van der Waals surface area contributed by atoms with Crippen molar-refractivity contribution in [2.45, 2.75) is 13.8 Å². The molecule has 0 saturated heterocycles. The maximum Gasteiger partial charge on any atom is 0.138 e. The van der Waals surface area contributed by atoms with Crippen LogP contribution in [0.1, 0.15) is 31.1 Å². The second-order valence-electron chi connectivity index (χ2n) is 4.93. The minimum absolute atomic E-state index is 0.0768. The van der Waals surface area contributed by atoms with Gasteiger partial charge in [0.05, 0.1) is 11.4 Å². The zero-order valence-electron chi connectivity index (χ0n) is 10.9. The summed E-state index contributed by atoms with van der Waals surface area (Å²) in [6.07, 6.45) is 14.1. The maximum atomic E-state index is 4.51. The van der Waals surface area contributed by atoms with Gasteiger partial charge in [-0.25, -0.2) is 4.98 Å². The third kappa shape index (κ3) is 2.43. The molecule has 0 amide bonds. The Kier molecular flexibility index (Phi) is 3.19. The van der Waals surface area contributed by atoms with E-state index in [1.165, 1.54) is 0 Å². The summed E-state index contributed by atoms with van der Waals surface area (Å²) in [6.45, 7) is 11.9. The number of hydrogen-bond donors (Lipinski definition) is 1. The van der Waals surface area contributed by atoms with Crippen LogP contribution in [0.15, 0.2) is 43.5 Å². The van der Waals surface area contributed by atoms with Crippen molar-refractivity contribution in [2.75, 3.05) is 0 Å². The number of rotatable bonds is 3. The molecule has 0 bridgehead atoms. The summed E-state index contributed by atoms with van der Waals surface area (Å²) in [5.41, 5.74) is 2.88. The lowest BCUT2D eigenvalue weighted by atomic mass is 9.93. The molecule has 0 aliphatic heterocycles. The predicted molar refractivity (Wildman–Crippen MR) is 78.8 cm³/mol. The van der Waals surface area contributed by atoms with Crippen molar-refractivity contribution in [2.24, 2.45) is 5.41 Å². The van der Waals surface area contributed by atoms with E-state index in [9.17, 15) is 0 Å². The number of allylic oxidation sites excluding steroid dienone is 6. The van der Waals surface area contributed by atoms with E-state index in [4.69, 9.17) is 0 Å². The van der Waals surface area contributed by atoms with Gasteiger partial charge in [0.25, 0.3) is 0 Å². The second kappa shape index (κ2) is 4.65. The molecule has 0 radical (unpaired) electrons. The first-order chi connectivity index (χ1) is 8.55. The first kappa shape index (κ1) is 12.4. The fourth-order valence-electron chi connectivity index (χ4n) is 1.82. The Bertz CT molecular complexity index is 540. The molecule has 0 saturated carbocycles. The van der Waals surface area contributed by atoms with Crippen molar-refractivity contribution in [3.05, 3.63) is 60.8 Å². The highest BCUT2D eigenvalue weighted by Crippen LogP contribution is 2.26. The molecule has 0 spiro atoms. The van der Waals surface area contributed by atoms with Gasteiger partial charge in [-0.2, -0.15) is 0 Å². The Balaban J connectivity index is 2.41. The monoisotopic (exact) mass is 238 g/mol. The number of hydrogen-bond acceptors (Lipinski definition) is 1. The van der Waals surface area contributed by atoms with Crippen molar-refractivity contribution in [3.63, 3.8) is 0 Å². The highest BCUT2D eigenvalue weighted by atomic mass is 14.9. The Morgan fingerprint density at radius 3 is 2.61 bits per heavy atom. The van der Waals surface area contributed by atoms with E-state index in [1.807, 2.05) is 0 Å². The molecule has 18 heavy (non-hydrogen) atoms. The zero-order chi connectivity index (χ0) is 13.2. The summed E-state index contributed by atoms with van der Waals surface area (Å²) < 4.78 is 0. The third-order valence-corrected chi connectivity index (χ3v) is 2.93. The van der Waals surface area contributed by atoms with E-state index < -0.39 is 0 Å². The summed E-state index contributed by atoms with van der Waals surface area (Å²) in [4.78, 5) is 7.77. The molecule has 1 aromatic rings. The van der Waals surface area contributed by atoms with Crippen LogP contribution in [0.25, 0.3) is 17.7 Å². The Morgan fingerprint density at radius 1 is 1.22 bits per heavy atom. The number of imidazole rings is 1. The first-order valence-electron chi connectivity index (χ1n) is 6.00. The van der Waals surface area contributed by atoms with E-state index in [1.54, 1.807) is 12.2 Å². The molecule has 0 unspecified atom stereocenters. The van der Waals surface area contributed by atoms with Crippen LogP contribution in [-0.4, -0.2) is 9.97 Å². The molecule has 1 N–H and O–H groups in total. The average molecular weight is 238 g/mol. The van der Waals surface area contributed by atoms with E-state index in [-0.39, 0.29) is 5.41 Å². The lowest BCUT2D eigenvalue weighted by Crippen LogP contribution is -2.00. The fourth-order valence-corrected chi connectivity index (χ4v) is 1.82. The molecule has 0 fully saturated rings. The fraction of sp³-hybridized carbons (Fsp3) is 0.188. The van der Waals surface area contributed by atoms with Crippen molar-refractivity contribution < 1.29 is 0 Å². The molecule has 2 nitrogen and oxygen atoms in total. The van der Waals surface area contributed by atoms with Gasteiger partial charge >= 0.3 is 0 Å². The largest absolute Gasteiger partial charge is 0.338 e. The molecule has 0 aromatic carbocycles. The van der Waals surface area contributed by atoms with Crippen LogP contribution in [0.2, 0.25) is 0 Å². The molecule has 1 aliphatic rings. The van der Waals surface area contributed by atoms with Crippen LogP contribution in [0, 0.1) is 5.41 Å². The van der Waals surface area contributed by atoms with Crippen LogP contribution in [0.3, 0.4) is 0 Å². The molecule has 0 atom stereocenters. The highest BCUT2D eigenvalue weighted by Gasteiger charge is 2.13. The van der Waals surface area contributed by atoms with Gasteiger partial charge in [-0.05, 0) is 12.2 Å². The van der Waals surface area contributed by atoms with E-state index >= 15 is 0 Å². The van der Waals surface area contributed by atoms with Crippen LogP contribution in [-0.2, 0) is 0 Å². The molecule has 92 valence electrons. The molecule has 1 aromatic heterocycles. The minimum atomic E-state index is 0.0768. The van der Waals surface area contributed by atoms with E-state index in [2.05, 4.69) is 67.4 Å². The quantitative estimate of drug-likeness (QED) is 0.838.